The molecule has 2 aliphatic heterocycles. The van der Waals surface area contributed by atoms with Gasteiger partial charge in [-0.1, -0.05) is 54.6 Å². The molecule has 0 spiro atoms. The number of likely N-dealkylation sites (tertiary alicyclic amines) is 2. The number of rotatable bonds is 10. The number of aromatic nitrogens is 4. The molecule has 3 aromatic heterocycles. The molecular weight excluding hydrogens is 757 g/mol. The Morgan fingerprint density at radius 2 is 1.24 bits per heavy atom. The summed E-state index contributed by atoms with van der Waals surface area (Å²) < 4.78 is 9.47. The number of fused-ring (bicyclic) bond motifs is 1. The summed E-state index contributed by atoms with van der Waals surface area (Å²) in [7, 11) is 2.56. The van der Waals surface area contributed by atoms with E-state index in [1.54, 1.807) is 22.9 Å². The van der Waals surface area contributed by atoms with Crippen molar-refractivity contribution in [3.8, 4) is 33.6 Å². The topological polar surface area (TPSA) is 175 Å². The van der Waals surface area contributed by atoms with Gasteiger partial charge in [0.05, 0.1) is 50.1 Å². The van der Waals surface area contributed by atoms with Crippen molar-refractivity contribution in [1.82, 2.24) is 40.4 Å². The fourth-order valence-corrected chi connectivity index (χ4v) is 8.74. The minimum Gasteiger partial charge on any atom is -0.453 e. The fraction of sp³-hybridized carbons (Fsp3) is 0.302. The van der Waals surface area contributed by atoms with E-state index in [4.69, 9.17) is 9.72 Å². The molecule has 0 saturated carbocycles. The molecule has 2 saturated heterocycles. The van der Waals surface area contributed by atoms with Crippen LogP contribution in [0.5, 0.6) is 0 Å². The van der Waals surface area contributed by atoms with Gasteiger partial charge in [0.2, 0.25) is 5.91 Å². The van der Waals surface area contributed by atoms with Crippen molar-refractivity contribution >= 4 is 46.1 Å². The average Bonchev–Trinajstić information content (AvgIpc) is 4.11. The summed E-state index contributed by atoms with van der Waals surface area (Å²) in [5.41, 5.74) is 5.85. The number of H-pyrrole nitrogens is 2. The molecule has 0 aliphatic carbocycles. The van der Waals surface area contributed by atoms with Crippen LogP contribution in [0.4, 0.5) is 9.59 Å². The third kappa shape index (κ3) is 7.77. The van der Waals surface area contributed by atoms with Crippen LogP contribution in [-0.4, -0.2) is 87.1 Å². The van der Waals surface area contributed by atoms with Gasteiger partial charge < -0.3 is 39.9 Å². The number of thiophene rings is 1. The van der Waals surface area contributed by atoms with Crippen molar-refractivity contribution in [2.75, 3.05) is 27.3 Å². The predicted octanol–water partition coefficient (Wildman–Crippen LogP) is 7.52. The van der Waals surface area contributed by atoms with Crippen LogP contribution in [0.1, 0.15) is 67.3 Å². The van der Waals surface area contributed by atoms with Gasteiger partial charge in [-0.05, 0) is 83.6 Å². The fourth-order valence-electron chi connectivity index (χ4n) is 7.97. The standard InChI is InChI=1S/C43H44N8O6S/c1-25(46-42(54)56-2)40(52)50-18-4-7-34(50)38-45-24-33(48-38)31-17-16-29-21-28(14-15-30(29)22-31)26-10-12-27(13-11-26)32-23-44-39(47-32)35-8-5-19-51(35)41(53)37(49-43(55)57-3)36-9-6-20-58-36/h6,9-17,20-25,34-35,37H,4-5,7-8,18-19H2,1-3H3,(H,44,47)(H,45,48)(H,46,54)(H,49,55)/t25-,34-,35-,37+/m0/s1. The number of methoxy groups -OCH3 is 2. The quantitative estimate of drug-likeness (QED) is 0.110. The molecule has 4 atom stereocenters. The summed E-state index contributed by atoms with van der Waals surface area (Å²) >= 11 is 1.41. The van der Waals surface area contributed by atoms with E-state index in [0.717, 1.165) is 80.8 Å². The Morgan fingerprint density at radius 3 is 1.84 bits per heavy atom. The van der Waals surface area contributed by atoms with Crippen LogP contribution in [0.3, 0.4) is 0 Å². The summed E-state index contributed by atoms with van der Waals surface area (Å²) in [6, 6.07) is 22.7. The van der Waals surface area contributed by atoms with Gasteiger partial charge in [-0.15, -0.1) is 11.3 Å². The number of nitrogens with zero attached hydrogens (tertiary/aromatic N) is 4. The van der Waals surface area contributed by atoms with Crippen molar-refractivity contribution in [3.63, 3.8) is 0 Å². The lowest BCUT2D eigenvalue weighted by Crippen LogP contribution is -2.46. The molecule has 3 aromatic carbocycles. The van der Waals surface area contributed by atoms with Gasteiger partial charge in [0, 0.05) is 23.5 Å². The number of hydrogen-bond donors (Lipinski definition) is 4. The van der Waals surface area contributed by atoms with E-state index < -0.39 is 24.3 Å². The minimum absolute atomic E-state index is 0.171. The molecular formula is C43H44N8O6S. The maximum atomic E-state index is 13.8. The molecule has 8 rings (SSSR count). The normalized spacial score (nSPS) is 17.6. The van der Waals surface area contributed by atoms with E-state index in [2.05, 4.69) is 91.0 Å². The van der Waals surface area contributed by atoms with Gasteiger partial charge in [0.25, 0.3) is 5.91 Å². The van der Waals surface area contributed by atoms with Crippen LogP contribution in [0.2, 0.25) is 0 Å². The van der Waals surface area contributed by atoms with Crippen LogP contribution >= 0.6 is 11.3 Å². The molecule has 298 valence electrons. The van der Waals surface area contributed by atoms with Crippen molar-refractivity contribution in [2.24, 2.45) is 0 Å². The Balaban J connectivity index is 0.939. The predicted molar refractivity (Wildman–Crippen MR) is 220 cm³/mol. The van der Waals surface area contributed by atoms with Gasteiger partial charge in [-0.3, -0.25) is 9.59 Å². The average molecular weight is 801 g/mol. The number of amides is 4. The Hall–Kier alpha value is -6.48. The number of alkyl carbamates (subject to hydrolysis) is 2. The van der Waals surface area contributed by atoms with E-state index in [1.165, 1.54) is 25.6 Å². The molecule has 5 heterocycles. The summed E-state index contributed by atoms with van der Waals surface area (Å²) in [4.78, 5) is 71.4. The van der Waals surface area contributed by atoms with Crippen LogP contribution in [0.15, 0.2) is 90.6 Å². The van der Waals surface area contributed by atoms with E-state index >= 15 is 0 Å². The highest BCUT2D eigenvalue weighted by Crippen LogP contribution is 2.36. The number of carbonyl (C=O) groups excluding carboxylic acids is 4. The zero-order valence-electron chi connectivity index (χ0n) is 32.4. The molecule has 2 fully saturated rings. The van der Waals surface area contributed by atoms with Gasteiger partial charge in [-0.2, -0.15) is 0 Å². The molecule has 2 aliphatic rings. The van der Waals surface area contributed by atoms with E-state index in [9.17, 15) is 19.2 Å². The minimum atomic E-state index is -0.834. The highest BCUT2D eigenvalue weighted by Gasteiger charge is 2.38. The maximum absolute atomic E-state index is 13.8. The smallest absolute Gasteiger partial charge is 0.407 e. The zero-order chi connectivity index (χ0) is 40.3. The Labute approximate surface area is 339 Å². The zero-order valence-corrected chi connectivity index (χ0v) is 33.2. The van der Waals surface area contributed by atoms with Crippen LogP contribution in [0, 0.1) is 0 Å². The summed E-state index contributed by atoms with van der Waals surface area (Å²) in [6.45, 7) is 2.82. The molecule has 0 bridgehead atoms. The number of carbonyl (C=O) groups is 4. The monoisotopic (exact) mass is 800 g/mol. The lowest BCUT2D eigenvalue weighted by atomic mass is 9.98. The molecule has 4 amide bonds. The van der Waals surface area contributed by atoms with Crippen molar-refractivity contribution in [2.45, 2.75) is 56.8 Å². The van der Waals surface area contributed by atoms with Crippen molar-refractivity contribution < 1.29 is 28.7 Å². The molecule has 0 radical (unpaired) electrons. The molecule has 6 aromatic rings. The summed E-state index contributed by atoms with van der Waals surface area (Å²) in [5, 5.41) is 9.34. The van der Waals surface area contributed by atoms with Gasteiger partial charge in [0.1, 0.15) is 23.7 Å². The van der Waals surface area contributed by atoms with E-state index in [-0.39, 0.29) is 23.9 Å². The second-order valence-corrected chi connectivity index (χ2v) is 15.5. The van der Waals surface area contributed by atoms with Crippen molar-refractivity contribution in [3.05, 3.63) is 107 Å². The number of benzene rings is 3. The van der Waals surface area contributed by atoms with E-state index in [0.29, 0.717) is 18.9 Å². The van der Waals surface area contributed by atoms with Crippen LogP contribution in [-0.2, 0) is 19.1 Å². The number of ether oxygens (including phenoxy) is 2. The first kappa shape index (κ1) is 38.4. The molecule has 4 N–H and O–H groups in total. The Morgan fingerprint density at radius 1 is 0.707 bits per heavy atom. The maximum Gasteiger partial charge on any atom is 0.407 e. The first-order chi connectivity index (χ1) is 28.2. The lowest BCUT2D eigenvalue weighted by Gasteiger charge is -2.27. The molecule has 0 unspecified atom stereocenters. The summed E-state index contributed by atoms with van der Waals surface area (Å²) in [5.74, 6) is 1.07. The highest BCUT2D eigenvalue weighted by molar-refractivity contribution is 7.10. The van der Waals surface area contributed by atoms with Gasteiger partial charge in [0.15, 0.2) is 0 Å². The largest absolute Gasteiger partial charge is 0.453 e. The van der Waals surface area contributed by atoms with Crippen molar-refractivity contribution in [1.29, 1.82) is 0 Å². The number of imidazole rings is 2. The van der Waals surface area contributed by atoms with Crippen LogP contribution < -0.4 is 10.6 Å². The summed E-state index contributed by atoms with van der Waals surface area (Å²) in [6.07, 6.45) is 5.54. The van der Waals surface area contributed by atoms with Gasteiger partial charge >= 0.3 is 12.2 Å². The number of hydrogen-bond acceptors (Lipinski definition) is 9. The van der Waals surface area contributed by atoms with E-state index in [1.807, 2.05) is 23.7 Å². The molecule has 58 heavy (non-hydrogen) atoms. The second kappa shape index (κ2) is 16.5. The number of aromatic amines is 2. The Kier molecular flexibility index (Phi) is 11.0. The first-order valence-corrected chi connectivity index (χ1v) is 20.2. The third-order valence-corrected chi connectivity index (χ3v) is 11.9. The first-order valence-electron chi connectivity index (χ1n) is 19.3. The van der Waals surface area contributed by atoms with Gasteiger partial charge in [-0.25, -0.2) is 19.6 Å². The SMILES string of the molecule is COC(=O)N[C@@H](C)C(=O)N1CCC[C@H]1c1ncc(-c2ccc3cc(-c4ccc(-c5cnc([C@@H]6CCCN6C(=O)[C@H](NC(=O)OC)c6cccs6)[nH]5)cc4)ccc3c2)[nH]1. The highest BCUT2D eigenvalue weighted by atomic mass is 32.1. The molecule has 14 nitrogen and oxygen atoms in total. The Bertz CT molecular complexity index is 2440. The number of nitrogens with one attached hydrogen (secondary N) is 4. The van der Waals surface area contributed by atoms with Crippen LogP contribution in [0.25, 0.3) is 44.4 Å². The second-order valence-electron chi connectivity index (χ2n) is 14.5. The third-order valence-electron chi connectivity index (χ3n) is 11.0. The molecule has 15 heteroatoms. The lowest BCUT2D eigenvalue weighted by molar-refractivity contribution is -0.135.